The topological polar surface area (TPSA) is 263 Å². The molecule has 0 atom stereocenters. The van der Waals surface area contributed by atoms with Gasteiger partial charge in [0.1, 0.15) is 10.6 Å². The predicted molar refractivity (Wildman–Crippen MR) is 211 cm³/mol. The molecule has 0 saturated carbocycles. The van der Waals surface area contributed by atoms with Gasteiger partial charge in [0.25, 0.3) is 32.1 Å². The summed E-state index contributed by atoms with van der Waals surface area (Å²) in [6, 6.07) is 28.9. The van der Waals surface area contributed by atoms with Gasteiger partial charge >= 0.3 is 0 Å². The summed E-state index contributed by atoms with van der Waals surface area (Å²) in [5.41, 5.74) is 7.72. The second-order valence-electron chi connectivity index (χ2n) is 11.5. The molecule has 20 heteroatoms. The Morgan fingerprint density at radius 2 is 1.09 bits per heavy atom. The number of amides is 2. The standard InChI is InChI=1S/C36H27N7O9S2.2Na/c37-24-6-4-21(5-7-24)35(45)38-28-3-1-2-22(18-28)36(46)39-29-14-17-31-23(19-29)20-32(54(50,51)52)33(34(31)44)43-42-26-10-8-25(9-11-26)40-41-27-12-15-30(16-13-27)53(47,48)49;;/h1-20,44H,37H2,(H,38,45)(H,39,46)(H,47,48,49)(H,50,51,52);;. The second kappa shape index (κ2) is 18.4. The molecule has 0 heterocycles. The zero-order chi connectivity index (χ0) is 38.6. The van der Waals surface area contributed by atoms with Crippen LogP contribution in [0.5, 0.6) is 5.75 Å². The van der Waals surface area contributed by atoms with Crippen molar-refractivity contribution < 1.29 is 40.6 Å². The van der Waals surface area contributed by atoms with Crippen molar-refractivity contribution in [1.29, 1.82) is 0 Å². The quantitative estimate of drug-likeness (QED) is 0.0351. The van der Waals surface area contributed by atoms with Crippen molar-refractivity contribution in [3.8, 4) is 5.75 Å². The van der Waals surface area contributed by atoms with Crippen molar-refractivity contribution in [2.24, 2.45) is 20.5 Å². The Morgan fingerprint density at radius 3 is 1.64 bits per heavy atom. The molecule has 0 spiro atoms. The molecule has 0 bridgehead atoms. The molecule has 2 amide bonds. The summed E-state index contributed by atoms with van der Waals surface area (Å²) in [5, 5.41) is 32.7. The molecule has 0 unspecified atom stereocenters. The van der Waals surface area contributed by atoms with Crippen molar-refractivity contribution >= 4 is 142 Å². The van der Waals surface area contributed by atoms with Gasteiger partial charge in [0.2, 0.25) is 0 Å². The van der Waals surface area contributed by atoms with Gasteiger partial charge in [-0.05, 0) is 121 Å². The fourth-order valence-corrected chi connectivity index (χ4v) is 6.13. The third-order valence-electron chi connectivity index (χ3n) is 7.67. The number of fused-ring (bicyclic) bond motifs is 1. The molecule has 0 aliphatic carbocycles. The van der Waals surface area contributed by atoms with Gasteiger partial charge in [0, 0.05) is 92.7 Å². The minimum Gasteiger partial charge on any atom is -0.505 e. The second-order valence-corrected chi connectivity index (χ2v) is 14.3. The monoisotopic (exact) mass is 811 g/mol. The van der Waals surface area contributed by atoms with Gasteiger partial charge in [-0.3, -0.25) is 18.7 Å². The fraction of sp³-hybridized carbons (Fsp3) is 0. The van der Waals surface area contributed by atoms with Crippen LogP contribution in [-0.4, -0.2) is 102 Å². The molecule has 7 N–H and O–H groups in total. The SMILES string of the molecule is Nc1ccc(C(=O)Nc2cccc(C(=O)Nc3ccc4c(O)c(N=Nc5ccc(N=Nc6ccc(S(=O)(=O)O)cc6)cc5)c(S(=O)(=O)O)cc4c3)c2)cc1.[Na].[Na]. The Kier molecular flexibility index (Phi) is 14.4. The molecule has 16 nitrogen and oxygen atoms in total. The first-order chi connectivity index (χ1) is 25.6. The summed E-state index contributed by atoms with van der Waals surface area (Å²) in [5.74, 6) is -1.55. The molecular weight excluding hydrogens is 785 g/mol. The van der Waals surface area contributed by atoms with Crippen LogP contribution in [-0.2, 0) is 20.2 Å². The van der Waals surface area contributed by atoms with Gasteiger partial charge in [-0.15, -0.1) is 5.11 Å². The third kappa shape index (κ3) is 10.9. The van der Waals surface area contributed by atoms with E-state index in [1.54, 1.807) is 36.4 Å². The Labute approximate surface area is 364 Å². The van der Waals surface area contributed by atoms with E-state index >= 15 is 0 Å². The minimum atomic E-state index is -4.94. The van der Waals surface area contributed by atoms with E-state index in [-0.39, 0.29) is 91.7 Å². The van der Waals surface area contributed by atoms with E-state index in [9.17, 15) is 36.1 Å². The van der Waals surface area contributed by atoms with Crippen LogP contribution >= 0.6 is 0 Å². The third-order valence-corrected chi connectivity index (χ3v) is 9.41. The maximum atomic E-state index is 13.1. The number of hydrogen-bond donors (Lipinski definition) is 6. The molecule has 0 aliphatic rings. The van der Waals surface area contributed by atoms with Crippen LogP contribution in [0.25, 0.3) is 10.8 Å². The number of rotatable bonds is 10. The Morgan fingerprint density at radius 1 is 0.571 bits per heavy atom. The molecule has 56 heavy (non-hydrogen) atoms. The zero-order valence-corrected chi connectivity index (χ0v) is 35.2. The van der Waals surface area contributed by atoms with Gasteiger partial charge in [-0.1, -0.05) is 6.07 Å². The van der Waals surface area contributed by atoms with E-state index in [4.69, 9.17) is 10.3 Å². The summed E-state index contributed by atoms with van der Waals surface area (Å²) >= 11 is 0. The molecule has 2 radical (unpaired) electrons. The van der Waals surface area contributed by atoms with Crippen LogP contribution in [0.3, 0.4) is 0 Å². The number of hydrogen-bond acceptors (Lipinski definition) is 12. The summed E-state index contributed by atoms with van der Waals surface area (Å²) < 4.78 is 66.3. The first kappa shape index (κ1) is 43.9. The fourth-order valence-electron chi connectivity index (χ4n) is 5.00. The van der Waals surface area contributed by atoms with Gasteiger partial charge < -0.3 is 21.5 Å². The Balaban J connectivity index is 0.00000348. The van der Waals surface area contributed by atoms with E-state index in [1.165, 1.54) is 78.9 Å². The summed E-state index contributed by atoms with van der Waals surface area (Å²) in [6.07, 6.45) is 0. The molecule has 6 aromatic rings. The van der Waals surface area contributed by atoms with E-state index in [1.807, 2.05) is 0 Å². The van der Waals surface area contributed by atoms with Crippen LogP contribution in [0.15, 0.2) is 152 Å². The normalized spacial score (nSPS) is 11.5. The van der Waals surface area contributed by atoms with Crippen LogP contribution in [0.4, 0.5) is 39.8 Å². The molecule has 6 aromatic carbocycles. The van der Waals surface area contributed by atoms with E-state index in [0.29, 0.717) is 28.3 Å². The largest absolute Gasteiger partial charge is 0.505 e. The van der Waals surface area contributed by atoms with Crippen molar-refractivity contribution in [2.45, 2.75) is 9.79 Å². The van der Waals surface area contributed by atoms with Gasteiger partial charge in [-0.2, -0.15) is 32.2 Å². The minimum absolute atomic E-state index is 0. The van der Waals surface area contributed by atoms with Crippen molar-refractivity contribution in [3.63, 3.8) is 0 Å². The number of nitrogens with one attached hydrogen (secondary N) is 2. The molecule has 0 aromatic heterocycles. The number of nitrogens with zero attached hydrogens (tertiary/aromatic N) is 4. The van der Waals surface area contributed by atoms with Crippen molar-refractivity contribution in [1.82, 2.24) is 0 Å². The average Bonchev–Trinajstić information content (AvgIpc) is 3.13. The molecule has 0 aliphatic heterocycles. The smallest absolute Gasteiger partial charge is 0.296 e. The van der Waals surface area contributed by atoms with E-state index in [2.05, 4.69) is 31.1 Å². The van der Waals surface area contributed by atoms with Gasteiger partial charge in [0.05, 0.1) is 22.0 Å². The number of anilines is 3. The van der Waals surface area contributed by atoms with Crippen molar-refractivity contribution in [3.05, 3.63) is 132 Å². The van der Waals surface area contributed by atoms with E-state index < -0.39 is 48.4 Å². The van der Waals surface area contributed by atoms with Gasteiger partial charge in [0.15, 0.2) is 5.75 Å². The summed E-state index contributed by atoms with van der Waals surface area (Å²) in [7, 11) is -9.28. The average molecular weight is 812 g/mol. The van der Waals surface area contributed by atoms with Crippen LogP contribution in [0.2, 0.25) is 0 Å². The van der Waals surface area contributed by atoms with Crippen LogP contribution < -0.4 is 16.4 Å². The van der Waals surface area contributed by atoms with Gasteiger partial charge in [-0.25, -0.2) is 0 Å². The maximum absolute atomic E-state index is 13.1. The number of phenolic OH excluding ortho intramolecular Hbond substituents is 1. The maximum Gasteiger partial charge on any atom is 0.296 e. The summed E-state index contributed by atoms with van der Waals surface area (Å²) in [6.45, 7) is 0. The first-order valence-electron chi connectivity index (χ1n) is 15.5. The zero-order valence-electron chi connectivity index (χ0n) is 29.5. The summed E-state index contributed by atoms with van der Waals surface area (Å²) in [4.78, 5) is 24.7. The number of benzene rings is 6. The number of nitrogens with two attached hydrogens (primary N) is 1. The van der Waals surface area contributed by atoms with Crippen LogP contribution in [0, 0.1) is 0 Å². The number of phenols is 1. The number of aromatic hydroxyl groups is 1. The molecule has 0 saturated heterocycles. The number of nitrogen functional groups attached to an aromatic ring is 1. The molecule has 274 valence electrons. The molecule has 6 rings (SSSR count). The number of carbonyl (C=O) groups excluding carboxylic acids is 2. The molecule has 0 fully saturated rings. The molecular formula is C36H27N7Na2O9S2. The van der Waals surface area contributed by atoms with E-state index in [0.717, 1.165) is 6.07 Å². The Bertz CT molecular complexity index is 2720. The van der Waals surface area contributed by atoms with Crippen LogP contribution in [0.1, 0.15) is 20.7 Å². The number of carbonyl (C=O) groups is 2. The number of azo groups is 2. The van der Waals surface area contributed by atoms with Crippen molar-refractivity contribution in [2.75, 3.05) is 16.4 Å². The predicted octanol–water partition coefficient (Wildman–Crippen LogP) is 7.19. The Hall–Kier alpha value is -4.86. The first-order valence-corrected chi connectivity index (χ1v) is 18.4.